The third kappa shape index (κ3) is 3.59. The number of primary amides is 1. The van der Waals surface area contributed by atoms with Crippen molar-refractivity contribution >= 4 is 24.2 Å². The van der Waals surface area contributed by atoms with Gasteiger partial charge in [-0.15, -0.1) is 12.4 Å². The second-order valence-electron chi connectivity index (χ2n) is 5.00. The molecule has 0 spiro atoms. The Kier molecular flexibility index (Phi) is 5.88. The number of halogens is 1. The van der Waals surface area contributed by atoms with E-state index in [9.17, 15) is 9.59 Å². The normalized spacial score (nSPS) is 27.7. The van der Waals surface area contributed by atoms with E-state index in [1.165, 1.54) is 0 Å². The molecule has 0 saturated carbocycles. The molecule has 18 heavy (non-hydrogen) atoms. The highest BCUT2D eigenvalue weighted by Gasteiger charge is 2.31. The summed E-state index contributed by atoms with van der Waals surface area (Å²) in [6.45, 7) is 1.68. The van der Waals surface area contributed by atoms with Crippen LogP contribution in [0.5, 0.6) is 0 Å². The van der Waals surface area contributed by atoms with E-state index < -0.39 is 0 Å². The Morgan fingerprint density at radius 3 is 2.61 bits per heavy atom. The van der Waals surface area contributed by atoms with Crippen LogP contribution < -0.4 is 11.1 Å². The molecule has 2 saturated heterocycles. The summed E-state index contributed by atoms with van der Waals surface area (Å²) in [5, 5.41) is 3.31. The monoisotopic (exact) mass is 275 g/mol. The van der Waals surface area contributed by atoms with Crippen molar-refractivity contribution in [3.8, 4) is 0 Å². The second-order valence-corrected chi connectivity index (χ2v) is 5.00. The van der Waals surface area contributed by atoms with Crippen molar-refractivity contribution in [2.24, 2.45) is 5.73 Å². The minimum atomic E-state index is -0.377. The van der Waals surface area contributed by atoms with E-state index in [1.807, 2.05) is 0 Å². The van der Waals surface area contributed by atoms with Crippen LogP contribution in [0, 0.1) is 0 Å². The highest BCUT2D eigenvalue weighted by Crippen LogP contribution is 2.19. The summed E-state index contributed by atoms with van der Waals surface area (Å²) in [6, 6.07) is -0.0874. The number of carbonyl (C=O) groups excluding carboxylic acids is 2. The molecule has 5 nitrogen and oxygen atoms in total. The highest BCUT2D eigenvalue weighted by atomic mass is 35.5. The molecule has 0 aromatic carbocycles. The molecule has 2 amide bonds. The quantitative estimate of drug-likeness (QED) is 0.784. The first-order valence-corrected chi connectivity index (χ1v) is 6.50. The van der Waals surface area contributed by atoms with Gasteiger partial charge in [0, 0.05) is 19.0 Å². The number of carbonyl (C=O) groups is 2. The Hall–Kier alpha value is -0.810. The number of likely N-dealkylation sites (tertiary alicyclic amines) is 1. The molecule has 2 fully saturated rings. The summed E-state index contributed by atoms with van der Waals surface area (Å²) >= 11 is 0. The Morgan fingerprint density at radius 1 is 1.22 bits per heavy atom. The van der Waals surface area contributed by atoms with Gasteiger partial charge in [-0.3, -0.25) is 9.59 Å². The molecule has 0 aliphatic carbocycles. The van der Waals surface area contributed by atoms with E-state index in [1.54, 1.807) is 4.90 Å². The van der Waals surface area contributed by atoms with E-state index in [0.717, 1.165) is 38.6 Å². The number of hydrogen-bond acceptors (Lipinski definition) is 3. The lowest BCUT2D eigenvalue weighted by Crippen LogP contribution is -2.51. The summed E-state index contributed by atoms with van der Waals surface area (Å²) < 4.78 is 0. The zero-order valence-corrected chi connectivity index (χ0v) is 11.4. The molecule has 0 aromatic heterocycles. The SMILES string of the molecule is Cl.NC(=O)C1CCCCN1C(=O)CC1CCCN1. The molecular weight excluding hydrogens is 254 g/mol. The van der Waals surface area contributed by atoms with Crippen molar-refractivity contribution in [2.75, 3.05) is 13.1 Å². The maximum Gasteiger partial charge on any atom is 0.240 e. The number of nitrogens with zero attached hydrogens (tertiary/aromatic N) is 1. The lowest BCUT2D eigenvalue weighted by molar-refractivity contribution is -0.141. The van der Waals surface area contributed by atoms with Gasteiger partial charge in [-0.25, -0.2) is 0 Å². The van der Waals surface area contributed by atoms with Crippen molar-refractivity contribution < 1.29 is 9.59 Å². The lowest BCUT2D eigenvalue weighted by atomic mass is 10.00. The Bertz CT molecular complexity index is 306. The summed E-state index contributed by atoms with van der Waals surface area (Å²) in [5.41, 5.74) is 5.36. The van der Waals surface area contributed by atoms with Crippen molar-refractivity contribution in [3.05, 3.63) is 0 Å². The van der Waals surface area contributed by atoms with Gasteiger partial charge in [-0.2, -0.15) is 0 Å². The standard InChI is InChI=1S/C12H21N3O2.ClH/c13-12(17)10-5-1-2-7-15(10)11(16)8-9-4-3-6-14-9;/h9-10,14H,1-8H2,(H2,13,17);1H. The third-order valence-corrected chi connectivity index (χ3v) is 3.73. The topological polar surface area (TPSA) is 75.4 Å². The zero-order chi connectivity index (χ0) is 12.3. The van der Waals surface area contributed by atoms with Crippen LogP contribution in [0.2, 0.25) is 0 Å². The van der Waals surface area contributed by atoms with Gasteiger partial charge >= 0.3 is 0 Å². The maximum atomic E-state index is 12.1. The van der Waals surface area contributed by atoms with Gasteiger partial charge in [0.05, 0.1) is 0 Å². The largest absolute Gasteiger partial charge is 0.368 e. The van der Waals surface area contributed by atoms with E-state index in [2.05, 4.69) is 5.32 Å². The Balaban J connectivity index is 0.00000162. The van der Waals surface area contributed by atoms with E-state index in [4.69, 9.17) is 5.73 Å². The first kappa shape index (κ1) is 15.2. The summed E-state index contributed by atoms with van der Waals surface area (Å²) in [7, 11) is 0. The van der Waals surface area contributed by atoms with Gasteiger partial charge in [0.15, 0.2) is 0 Å². The number of amides is 2. The van der Waals surface area contributed by atoms with Crippen molar-refractivity contribution in [1.29, 1.82) is 0 Å². The van der Waals surface area contributed by atoms with Gasteiger partial charge in [-0.1, -0.05) is 0 Å². The van der Waals surface area contributed by atoms with Gasteiger partial charge in [0.2, 0.25) is 11.8 Å². The van der Waals surface area contributed by atoms with Crippen LogP contribution in [0.25, 0.3) is 0 Å². The summed E-state index contributed by atoms with van der Waals surface area (Å²) in [6.07, 6.45) is 5.38. The van der Waals surface area contributed by atoms with Crippen molar-refractivity contribution in [3.63, 3.8) is 0 Å². The predicted octanol–water partition coefficient (Wildman–Crippen LogP) is 0.417. The van der Waals surface area contributed by atoms with Gasteiger partial charge in [0.25, 0.3) is 0 Å². The molecule has 3 N–H and O–H groups in total. The van der Waals surface area contributed by atoms with Crippen LogP contribution in [0.1, 0.15) is 38.5 Å². The predicted molar refractivity (Wildman–Crippen MR) is 71.4 cm³/mol. The average molecular weight is 276 g/mol. The number of rotatable bonds is 3. The molecule has 0 radical (unpaired) electrons. The van der Waals surface area contributed by atoms with Crippen molar-refractivity contribution in [2.45, 2.75) is 50.6 Å². The molecule has 2 atom stereocenters. The fourth-order valence-electron chi connectivity index (χ4n) is 2.78. The zero-order valence-electron chi connectivity index (χ0n) is 10.6. The van der Waals surface area contributed by atoms with Crippen LogP contribution in [0.3, 0.4) is 0 Å². The van der Waals surface area contributed by atoms with Crippen LogP contribution in [0.4, 0.5) is 0 Å². The van der Waals surface area contributed by atoms with Crippen LogP contribution in [-0.4, -0.2) is 41.9 Å². The lowest BCUT2D eigenvalue weighted by Gasteiger charge is -2.34. The first-order chi connectivity index (χ1) is 8.18. The van der Waals surface area contributed by atoms with Gasteiger partial charge < -0.3 is 16.0 Å². The number of nitrogens with one attached hydrogen (secondary N) is 1. The summed E-state index contributed by atoms with van der Waals surface area (Å²) in [4.78, 5) is 25.2. The molecule has 2 unspecified atom stereocenters. The Labute approximate surface area is 114 Å². The minimum absolute atomic E-state index is 0. The molecule has 104 valence electrons. The van der Waals surface area contributed by atoms with Crippen LogP contribution >= 0.6 is 12.4 Å². The molecule has 0 aromatic rings. The summed E-state index contributed by atoms with van der Waals surface area (Å²) in [5.74, 6) is -0.287. The van der Waals surface area contributed by atoms with E-state index in [0.29, 0.717) is 13.0 Å². The molecule has 6 heteroatoms. The highest BCUT2D eigenvalue weighted by molar-refractivity contribution is 5.87. The molecule has 2 aliphatic rings. The maximum absolute atomic E-state index is 12.1. The van der Waals surface area contributed by atoms with Crippen LogP contribution in [0.15, 0.2) is 0 Å². The number of nitrogens with two attached hydrogens (primary N) is 1. The molecule has 2 rings (SSSR count). The fourth-order valence-corrected chi connectivity index (χ4v) is 2.78. The molecule has 2 heterocycles. The fraction of sp³-hybridized carbons (Fsp3) is 0.833. The first-order valence-electron chi connectivity index (χ1n) is 6.50. The third-order valence-electron chi connectivity index (χ3n) is 3.73. The van der Waals surface area contributed by atoms with E-state index in [-0.39, 0.29) is 36.3 Å². The van der Waals surface area contributed by atoms with Gasteiger partial charge in [-0.05, 0) is 38.6 Å². The number of piperidine rings is 1. The molecular formula is C12H22ClN3O2. The molecule has 0 bridgehead atoms. The second kappa shape index (κ2) is 6.95. The minimum Gasteiger partial charge on any atom is -0.368 e. The van der Waals surface area contributed by atoms with E-state index >= 15 is 0 Å². The number of hydrogen-bond donors (Lipinski definition) is 2. The average Bonchev–Trinajstić information content (AvgIpc) is 2.81. The Morgan fingerprint density at radius 2 is 2.00 bits per heavy atom. The van der Waals surface area contributed by atoms with Crippen molar-refractivity contribution in [1.82, 2.24) is 10.2 Å². The van der Waals surface area contributed by atoms with Crippen LogP contribution in [-0.2, 0) is 9.59 Å². The molecule has 2 aliphatic heterocycles. The van der Waals surface area contributed by atoms with Gasteiger partial charge in [0.1, 0.15) is 6.04 Å². The smallest absolute Gasteiger partial charge is 0.240 e.